The van der Waals surface area contributed by atoms with E-state index in [2.05, 4.69) is 20.4 Å². The summed E-state index contributed by atoms with van der Waals surface area (Å²) in [5.41, 5.74) is -1.56. The zero-order chi connectivity index (χ0) is 19.4. The molecule has 8 atom stereocenters. The van der Waals surface area contributed by atoms with E-state index in [1.165, 1.54) is 0 Å². The minimum atomic E-state index is -1.19. The quantitative estimate of drug-likeness (QED) is 0.429. The van der Waals surface area contributed by atoms with Crippen molar-refractivity contribution in [1.29, 1.82) is 0 Å². The molecule has 148 valence electrons. The molecule has 3 saturated carbocycles. The summed E-state index contributed by atoms with van der Waals surface area (Å²) in [6.07, 6.45) is 1.44. The van der Waals surface area contributed by atoms with E-state index in [4.69, 9.17) is 14.2 Å². The van der Waals surface area contributed by atoms with Crippen LogP contribution in [0, 0.1) is 34.0 Å². The lowest BCUT2D eigenvalue weighted by Crippen LogP contribution is -2.70. The van der Waals surface area contributed by atoms with Crippen LogP contribution in [0.25, 0.3) is 0 Å². The smallest absolute Gasteiger partial charge is 0.320 e. The van der Waals surface area contributed by atoms with Crippen LogP contribution < -0.4 is 0 Å². The summed E-state index contributed by atoms with van der Waals surface area (Å²) in [5.74, 6) is -1.03. The summed E-state index contributed by atoms with van der Waals surface area (Å²) in [4.78, 5) is 26.5. The monoisotopic (exact) mass is 376 g/mol. The number of rotatable bonds is 1. The van der Waals surface area contributed by atoms with E-state index >= 15 is 0 Å². The molecule has 0 aromatic rings. The Hall–Kier alpha value is -1.24. The first kappa shape index (κ1) is 17.8. The van der Waals surface area contributed by atoms with Gasteiger partial charge in [-0.1, -0.05) is 20.4 Å². The second-order valence-electron chi connectivity index (χ2n) is 9.85. The van der Waals surface area contributed by atoms with Crippen LogP contribution >= 0.6 is 0 Å². The summed E-state index contributed by atoms with van der Waals surface area (Å²) in [5, 5.41) is 10.9. The Balaban J connectivity index is 1.75. The van der Waals surface area contributed by atoms with E-state index in [-0.39, 0.29) is 29.0 Å². The van der Waals surface area contributed by atoms with E-state index in [1.807, 2.05) is 0 Å². The molecule has 27 heavy (non-hydrogen) atoms. The highest BCUT2D eigenvalue weighted by molar-refractivity contribution is 6.15. The second-order valence-corrected chi connectivity index (χ2v) is 9.85. The van der Waals surface area contributed by atoms with Crippen molar-refractivity contribution in [3.05, 3.63) is 12.2 Å². The Labute approximate surface area is 159 Å². The predicted octanol–water partition coefficient (Wildman–Crippen LogP) is 2.20. The van der Waals surface area contributed by atoms with Gasteiger partial charge in [0.25, 0.3) is 0 Å². The number of aliphatic hydroxyl groups excluding tert-OH is 1. The SMILES string of the molecule is C=C1C(=O)[C@]23C[C@H]1CC[C@H]2[C@@]12C(OC)O[C@@H](O)[C@@H]1C(C)(C)CC[C@@H]2OC3=O. The standard InChI is InChI=1S/C21H28O6/c1-10-11-5-6-12-20(9-11,15(10)22)17(24)26-13-7-8-19(2,3)14-16(23)27-18(25-4)21(12,13)14/h11-14,16,18,23H,1,5-9H2,2-4H3/t11-,12-,13+,14-,16-,18?,20+,21+/m1/s1. The van der Waals surface area contributed by atoms with Crippen LogP contribution in [-0.4, -0.2) is 42.7 Å². The number of ether oxygens (including phenoxy) is 3. The average molecular weight is 376 g/mol. The van der Waals surface area contributed by atoms with Gasteiger partial charge in [0.15, 0.2) is 18.4 Å². The topological polar surface area (TPSA) is 82.1 Å². The molecule has 1 N–H and O–H groups in total. The van der Waals surface area contributed by atoms with Crippen LogP contribution in [0.5, 0.6) is 0 Å². The van der Waals surface area contributed by atoms with Crippen molar-refractivity contribution in [2.75, 3.05) is 7.11 Å². The summed E-state index contributed by atoms with van der Waals surface area (Å²) in [6, 6.07) is 0. The van der Waals surface area contributed by atoms with Crippen LogP contribution in [0.4, 0.5) is 0 Å². The highest BCUT2D eigenvalue weighted by Crippen LogP contribution is 2.72. The average Bonchev–Trinajstić information content (AvgIpc) is 3.04. The van der Waals surface area contributed by atoms with Gasteiger partial charge in [0.2, 0.25) is 0 Å². The van der Waals surface area contributed by atoms with Gasteiger partial charge < -0.3 is 19.3 Å². The fourth-order valence-electron chi connectivity index (χ4n) is 7.56. The Morgan fingerprint density at radius 2 is 1.96 bits per heavy atom. The molecular formula is C21H28O6. The molecule has 0 aromatic heterocycles. The fourth-order valence-corrected chi connectivity index (χ4v) is 7.56. The van der Waals surface area contributed by atoms with Crippen molar-refractivity contribution in [2.24, 2.45) is 34.0 Å². The van der Waals surface area contributed by atoms with Crippen molar-refractivity contribution in [1.82, 2.24) is 0 Å². The van der Waals surface area contributed by atoms with E-state index in [9.17, 15) is 14.7 Å². The number of Topliss-reactive ketones (excluding diaryl/α,β-unsaturated/α-hetero) is 1. The lowest BCUT2D eigenvalue weighted by atomic mass is 9.43. The maximum Gasteiger partial charge on any atom is 0.320 e. The van der Waals surface area contributed by atoms with Crippen molar-refractivity contribution in [3.8, 4) is 0 Å². The van der Waals surface area contributed by atoms with Crippen molar-refractivity contribution in [2.45, 2.75) is 64.6 Å². The molecule has 1 unspecified atom stereocenters. The summed E-state index contributed by atoms with van der Waals surface area (Å²) in [6.45, 7) is 8.26. The molecule has 0 amide bonds. The number of fused-ring (bicyclic) bond motifs is 1. The fraction of sp³-hybridized carbons (Fsp3) is 0.810. The number of allylic oxidation sites excluding steroid dienone is 1. The lowest BCUT2D eigenvalue weighted by molar-refractivity contribution is -0.273. The Kier molecular flexibility index (Phi) is 3.45. The molecule has 5 aliphatic rings. The molecule has 2 bridgehead atoms. The molecule has 2 aliphatic heterocycles. The third-order valence-corrected chi connectivity index (χ3v) is 8.53. The number of ketones is 1. The Morgan fingerprint density at radius 3 is 2.67 bits per heavy atom. The van der Waals surface area contributed by atoms with Crippen LogP contribution in [-0.2, 0) is 23.8 Å². The van der Waals surface area contributed by atoms with E-state index in [1.54, 1.807) is 7.11 Å². The van der Waals surface area contributed by atoms with Crippen molar-refractivity contribution < 1.29 is 28.9 Å². The van der Waals surface area contributed by atoms with Crippen LogP contribution in [0.15, 0.2) is 12.2 Å². The Bertz CT molecular complexity index is 743. The number of carbonyl (C=O) groups is 2. The highest BCUT2D eigenvalue weighted by atomic mass is 16.7. The van der Waals surface area contributed by atoms with E-state index < -0.39 is 35.5 Å². The maximum absolute atomic E-state index is 13.3. The number of esters is 1. The molecule has 0 radical (unpaired) electrons. The third-order valence-electron chi connectivity index (χ3n) is 8.53. The normalized spacial score (nSPS) is 52.8. The molecule has 2 heterocycles. The van der Waals surface area contributed by atoms with Gasteiger partial charge in [-0.15, -0.1) is 0 Å². The van der Waals surface area contributed by atoms with E-state index in [0.717, 1.165) is 19.3 Å². The van der Waals surface area contributed by atoms with Gasteiger partial charge in [-0.2, -0.15) is 0 Å². The molecule has 2 saturated heterocycles. The number of hydrogen-bond donors (Lipinski definition) is 1. The molecule has 6 nitrogen and oxygen atoms in total. The van der Waals surface area contributed by atoms with Crippen molar-refractivity contribution >= 4 is 11.8 Å². The minimum Gasteiger partial charge on any atom is -0.461 e. The van der Waals surface area contributed by atoms with Gasteiger partial charge in [-0.05, 0) is 54.9 Å². The molecule has 6 heteroatoms. The van der Waals surface area contributed by atoms with E-state index in [0.29, 0.717) is 18.4 Å². The van der Waals surface area contributed by atoms with Gasteiger partial charge in [0.1, 0.15) is 11.5 Å². The molecule has 3 aliphatic carbocycles. The number of methoxy groups -OCH3 is 1. The van der Waals surface area contributed by atoms with Crippen LogP contribution in [0.1, 0.15) is 46.0 Å². The second kappa shape index (κ2) is 5.22. The van der Waals surface area contributed by atoms with Crippen LogP contribution in [0.2, 0.25) is 0 Å². The zero-order valence-corrected chi connectivity index (χ0v) is 16.2. The first-order valence-electron chi connectivity index (χ1n) is 10.0. The number of carbonyl (C=O) groups excluding carboxylic acids is 2. The number of aliphatic hydroxyl groups is 1. The Morgan fingerprint density at radius 1 is 1.22 bits per heavy atom. The van der Waals surface area contributed by atoms with Gasteiger partial charge >= 0.3 is 5.97 Å². The van der Waals surface area contributed by atoms with Gasteiger partial charge in [-0.25, -0.2) is 0 Å². The maximum atomic E-state index is 13.3. The summed E-state index contributed by atoms with van der Waals surface area (Å²) < 4.78 is 17.7. The molecule has 5 fully saturated rings. The zero-order valence-electron chi connectivity index (χ0n) is 16.2. The van der Waals surface area contributed by atoms with Gasteiger partial charge in [-0.3, -0.25) is 9.59 Å². The summed E-state index contributed by atoms with van der Waals surface area (Å²) in [7, 11) is 1.57. The molecule has 2 spiro atoms. The molecule has 5 rings (SSSR count). The molecular weight excluding hydrogens is 348 g/mol. The predicted molar refractivity (Wildman–Crippen MR) is 94.1 cm³/mol. The van der Waals surface area contributed by atoms with Crippen molar-refractivity contribution in [3.63, 3.8) is 0 Å². The highest BCUT2D eigenvalue weighted by Gasteiger charge is 2.80. The third kappa shape index (κ3) is 1.79. The number of hydrogen-bond acceptors (Lipinski definition) is 6. The van der Waals surface area contributed by atoms with Gasteiger partial charge in [0.05, 0.1) is 5.41 Å². The first-order chi connectivity index (χ1) is 12.7. The lowest BCUT2D eigenvalue weighted by Gasteiger charge is -2.62. The van der Waals surface area contributed by atoms with Crippen LogP contribution in [0.3, 0.4) is 0 Å². The molecule has 0 aromatic carbocycles. The van der Waals surface area contributed by atoms with Gasteiger partial charge in [0, 0.05) is 13.0 Å². The summed E-state index contributed by atoms with van der Waals surface area (Å²) >= 11 is 0. The first-order valence-corrected chi connectivity index (χ1v) is 10.0. The minimum absolute atomic E-state index is 0.0533. The largest absolute Gasteiger partial charge is 0.461 e.